The molecule has 0 heterocycles. The quantitative estimate of drug-likeness (QED) is 0.846. The van der Waals surface area contributed by atoms with Crippen molar-refractivity contribution in [2.24, 2.45) is 0 Å². The SMILES string of the molecule is Cc1ccc(C(O)c2cc(Cl)ccc2Cl)c(C)c1. The maximum absolute atomic E-state index is 10.4. The first-order chi connectivity index (χ1) is 8.49. The molecule has 2 aromatic rings. The molecule has 0 bridgehead atoms. The second-order valence-corrected chi connectivity index (χ2v) is 5.27. The first-order valence-corrected chi connectivity index (χ1v) is 6.45. The minimum atomic E-state index is -0.753. The number of rotatable bonds is 2. The number of hydrogen-bond acceptors (Lipinski definition) is 1. The highest BCUT2D eigenvalue weighted by Crippen LogP contribution is 2.32. The zero-order valence-electron chi connectivity index (χ0n) is 10.2. The number of aliphatic hydroxyl groups is 1. The predicted octanol–water partition coefficient (Wildman–Crippen LogP) is 4.69. The highest BCUT2D eigenvalue weighted by Gasteiger charge is 2.16. The van der Waals surface area contributed by atoms with Gasteiger partial charge in [0.05, 0.1) is 0 Å². The van der Waals surface area contributed by atoms with Gasteiger partial charge in [0, 0.05) is 15.6 Å². The fraction of sp³-hybridized carbons (Fsp3) is 0.200. The van der Waals surface area contributed by atoms with Gasteiger partial charge >= 0.3 is 0 Å². The van der Waals surface area contributed by atoms with Crippen LogP contribution >= 0.6 is 23.2 Å². The molecule has 0 aliphatic carbocycles. The summed E-state index contributed by atoms with van der Waals surface area (Å²) >= 11 is 12.0. The molecule has 0 aliphatic rings. The molecule has 1 atom stereocenters. The summed E-state index contributed by atoms with van der Waals surface area (Å²) in [5.74, 6) is 0. The molecule has 0 saturated heterocycles. The fourth-order valence-electron chi connectivity index (χ4n) is 2.02. The first-order valence-electron chi connectivity index (χ1n) is 5.69. The monoisotopic (exact) mass is 280 g/mol. The van der Waals surface area contributed by atoms with Gasteiger partial charge in [0.1, 0.15) is 6.10 Å². The summed E-state index contributed by atoms with van der Waals surface area (Å²) in [7, 11) is 0. The van der Waals surface area contributed by atoms with Crippen molar-refractivity contribution in [3.8, 4) is 0 Å². The van der Waals surface area contributed by atoms with Crippen LogP contribution in [0.4, 0.5) is 0 Å². The van der Waals surface area contributed by atoms with Gasteiger partial charge in [0.15, 0.2) is 0 Å². The van der Waals surface area contributed by atoms with E-state index in [2.05, 4.69) is 0 Å². The summed E-state index contributed by atoms with van der Waals surface area (Å²) in [6.45, 7) is 4.00. The molecular weight excluding hydrogens is 267 g/mol. The van der Waals surface area contributed by atoms with Gasteiger partial charge in [0.25, 0.3) is 0 Å². The van der Waals surface area contributed by atoms with E-state index in [1.165, 1.54) is 5.56 Å². The number of benzene rings is 2. The van der Waals surface area contributed by atoms with Gasteiger partial charge in [-0.25, -0.2) is 0 Å². The van der Waals surface area contributed by atoms with E-state index in [9.17, 15) is 5.11 Å². The zero-order valence-corrected chi connectivity index (χ0v) is 11.8. The number of aryl methyl sites for hydroxylation is 2. The third kappa shape index (κ3) is 2.69. The average Bonchev–Trinajstić information content (AvgIpc) is 2.31. The topological polar surface area (TPSA) is 20.2 Å². The lowest BCUT2D eigenvalue weighted by molar-refractivity contribution is 0.219. The lowest BCUT2D eigenvalue weighted by atomic mass is 9.96. The molecule has 3 heteroatoms. The van der Waals surface area contributed by atoms with Crippen molar-refractivity contribution in [3.05, 3.63) is 68.7 Å². The van der Waals surface area contributed by atoms with Crippen molar-refractivity contribution in [2.45, 2.75) is 20.0 Å². The summed E-state index contributed by atoms with van der Waals surface area (Å²) in [4.78, 5) is 0. The van der Waals surface area contributed by atoms with Crippen LogP contribution in [-0.2, 0) is 0 Å². The van der Waals surface area contributed by atoms with Crippen molar-refractivity contribution in [1.82, 2.24) is 0 Å². The van der Waals surface area contributed by atoms with E-state index >= 15 is 0 Å². The maximum Gasteiger partial charge on any atom is 0.106 e. The Morgan fingerprint density at radius 1 is 0.944 bits per heavy atom. The fourth-order valence-corrected chi connectivity index (χ4v) is 2.43. The summed E-state index contributed by atoms with van der Waals surface area (Å²) in [5, 5.41) is 11.5. The Morgan fingerprint density at radius 2 is 1.67 bits per heavy atom. The van der Waals surface area contributed by atoms with Gasteiger partial charge in [-0.1, -0.05) is 47.0 Å². The molecule has 0 radical (unpaired) electrons. The molecule has 0 aromatic heterocycles. The summed E-state index contributed by atoms with van der Waals surface area (Å²) in [6, 6.07) is 11.1. The molecule has 0 fully saturated rings. The Hall–Kier alpha value is -1.02. The van der Waals surface area contributed by atoms with Gasteiger partial charge in [0.2, 0.25) is 0 Å². The summed E-state index contributed by atoms with van der Waals surface area (Å²) < 4.78 is 0. The summed E-state index contributed by atoms with van der Waals surface area (Å²) in [5.41, 5.74) is 3.69. The van der Waals surface area contributed by atoms with E-state index in [1.807, 2.05) is 32.0 Å². The standard InChI is InChI=1S/C15H14Cl2O/c1-9-3-5-12(10(2)7-9)15(18)13-8-11(16)4-6-14(13)17/h3-8,15,18H,1-2H3. The van der Waals surface area contributed by atoms with Crippen molar-refractivity contribution in [2.75, 3.05) is 0 Å². The Kier molecular flexibility index (Phi) is 3.96. The second-order valence-electron chi connectivity index (χ2n) is 4.43. The molecule has 94 valence electrons. The van der Waals surface area contributed by atoms with Gasteiger partial charge in [-0.3, -0.25) is 0 Å². The van der Waals surface area contributed by atoms with Gasteiger partial charge < -0.3 is 5.11 Å². The summed E-state index contributed by atoms with van der Waals surface area (Å²) in [6.07, 6.45) is -0.753. The normalized spacial score (nSPS) is 12.5. The molecule has 18 heavy (non-hydrogen) atoms. The minimum absolute atomic E-state index is 0.520. The van der Waals surface area contributed by atoms with Crippen LogP contribution in [0.2, 0.25) is 10.0 Å². The van der Waals surface area contributed by atoms with E-state index in [1.54, 1.807) is 18.2 Å². The van der Waals surface area contributed by atoms with Crippen LogP contribution in [0, 0.1) is 13.8 Å². The third-order valence-electron chi connectivity index (χ3n) is 2.97. The van der Waals surface area contributed by atoms with Crippen LogP contribution in [-0.4, -0.2) is 5.11 Å². The zero-order chi connectivity index (χ0) is 13.3. The lowest BCUT2D eigenvalue weighted by Gasteiger charge is -2.16. The van der Waals surface area contributed by atoms with E-state index < -0.39 is 6.10 Å². The maximum atomic E-state index is 10.4. The number of hydrogen-bond donors (Lipinski definition) is 1. The molecule has 1 nitrogen and oxygen atoms in total. The minimum Gasteiger partial charge on any atom is -0.384 e. The smallest absolute Gasteiger partial charge is 0.106 e. The molecule has 0 aliphatic heterocycles. The van der Waals surface area contributed by atoms with Crippen molar-refractivity contribution >= 4 is 23.2 Å². The first kappa shape index (κ1) is 13.4. The molecule has 1 N–H and O–H groups in total. The van der Waals surface area contributed by atoms with Crippen molar-refractivity contribution < 1.29 is 5.11 Å². The van der Waals surface area contributed by atoms with Gasteiger partial charge in [-0.15, -0.1) is 0 Å². The van der Waals surface area contributed by atoms with Crippen LogP contribution in [0.25, 0.3) is 0 Å². The van der Waals surface area contributed by atoms with E-state index in [-0.39, 0.29) is 0 Å². The Bertz CT molecular complexity index is 579. The van der Waals surface area contributed by atoms with E-state index in [0.29, 0.717) is 15.6 Å². The van der Waals surface area contributed by atoms with Crippen molar-refractivity contribution in [3.63, 3.8) is 0 Å². The highest BCUT2D eigenvalue weighted by molar-refractivity contribution is 6.33. The largest absolute Gasteiger partial charge is 0.384 e. The molecule has 0 amide bonds. The number of aliphatic hydroxyl groups excluding tert-OH is 1. The molecule has 1 unspecified atom stereocenters. The Morgan fingerprint density at radius 3 is 2.33 bits per heavy atom. The van der Waals surface area contributed by atoms with Crippen LogP contribution in [0.1, 0.15) is 28.4 Å². The lowest BCUT2D eigenvalue weighted by Crippen LogP contribution is -2.03. The number of halogens is 2. The van der Waals surface area contributed by atoms with Crippen LogP contribution in [0.3, 0.4) is 0 Å². The van der Waals surface area contributed by atoms with E-state index in [0.717, 1.165) is 11.1 Å². The molecule has 0 saturated carbocycles. The molecule has 2 aromatic carbocycles. The molecular formula is C15H14Cl2O. The van der Waals surface area contributed by atoms with Gasteiger partial charge in [-0.05, 0) is 43.2 Å². The third-order valence-corrected chi connectivity index (χ3v) is 3.55. The average molecular weight is 281 g/mol. The second kappa shape index (κ2) is 5.31. The Balaban J connectivity index is 2.47. The highest BCUT2D eigenvalue weighted by atomic mass is 35.5. The van der Waals surface area contributed by atoms with Crippen LogP contribution in [0.5, 0.6) is 0 Å². The van der Waals surface area contributed by atoms with Gasteiger partial charge in [-0.2, -0.15) is 0 Å². The molecule has 0 spiro atoms. The Labute approximate surface area is 117 Å². The van der Waals surface area contributed by atoms with Crippen LogP contribution in [0.15, 0.2) is 36.4 Å². The van der Waals surface area contributed by atoms with E-state index in [4.69, 9.17) is 23.2 Å². The predicted molar refractivity (Wildman–Crippen MR) is 76.4 cm³/mol. The van der Waals surface area contributed by atoms with Crippen LogP contribution < -0.4 is 0 Å². The van der Waals surface area contributed by atoms with Crippen molar-refractivity contribution in [1.29, 1.82) is 0 Å². The molecule has 2 rings (SSSR count).